The van der Waals surface area contributed by atoms with Gasteiger partial charge in [-0.05, 0) is 38.5 Å². The molecule has 1 rings (SSSR count). The van der Waals surface area contributed by atoms with E-state index in [9.17, 15) is 9.90 Å². The van der Waals surface area contributed by atoms with Gasteiger partial charge in [0.05, 0.1) is 6.10 Å². The second kappa shape index (κ2) is 7.14. The predicted molar refractivity (Wildman–Crippen MR) is 84.4 cm³/mol. The molecule has 0 aliphatic heterocycles. The summed E-state index contributed by atoms with van der Waals surface area (Å²) in [5, 5.41) is 10.9. The molecule has 2 atom stereocenters. The van der Waals surface area contributed by atoms with Gasteiger partial charge in [0.25, 0.3) is 0 Å². The van der Waals surface area contributed by atoms with Crippen molar-refractivity contribution in [2.24, 2.45) is 5.92 Å². The zero-order chi connectivity index (χ0) is 16.2. The molecule has 0 unspecified atom stereocenters. The Labute approximate surface area is 131 Å². The molecule has 0 spiro atoms. The molecule has 0 aliphatic rings. The van der Waals surface area contributed by atoms with Gasteiger partial charge in [0.1, 0.15) is 5.60 Å². The van der Waals surface area contributed by atoms with Gasteiger partial charge in [-0.2, -0.15) is 0 Å². The first kappa shape index (κ1) is 17.8. The molecule has 1 N–H and O–H groups in total. The van der Waals surface area contributed by atoms with Crippen LogP contribution >= 0.6 is 11.6 Å². The number of amides is 1. The summed E-state index contributed by atoms with van der Waals surface area (Å²) < 4.78 is 5.29. The lowest BCUT2D eigenvalue weighted by atomic mass is 9.97. The number of aliphatic hydroxyl groups excluding tert-OH is 1. The summed E-state index contributed by atoms with van der Waals surface area (Å²) in [5.41, 5.74) is 0.216. The monoisotopic (exact) mass is 313 g/mol. The van der Waals surface area contributed by atoms with Gasteiger partial charge in [-0.3, -0.25) is 0 Å². The zero-order valence-corrected chi connectivity index (χ0v) is 14.0. The Balaban J connectivity index is 2.63. The maximum absolute atomic E-state index is 11.9. The summed E-state index contributed by atoms with van der Waals surface area (Å²) in [5.74, 6) is -0.138. The number of halogens is 1. The van der Waals surface area contributed by atoms with Crippen LogP contribution in [0.25, 0.3) is 0 Å². The van der Waals surface area contributed by atoms with Crippen LogP contribution in [0.4, 0.5) is 4.79 Å². The first-order valence-electron chi connectivity index (χ1n) is 6.98. The van der Waals surface area contributed by atoms with Crippen LogP contribution in [0, 0.1) is 5.92 Å². The van der Waals surface area contributed by atoms with E-state index in [0.29, 0.717) is 11.6 Å². The molecule has 4 nitrogen and oxygen atoms in total. The Morgan fingerprint density at radius 1 is 1.43 bits per heavy atom. The van der Waals surface area contributed by atoms with E-state index in [1.54, 1.807) is 25.2 Å². The van der Waals surface area contributed by atoms with Crippen molar-refractivity contribution in [1.29, 1.82) is 0 Å². The van der Waals surface area contributed by atoms with Crippen LogP contribution in [0.5, 0.6) is 0 Å². The lowest BCUT2D eigenvalue weighted by Crippen LogP contribution is -2.37. The Hall–Kier alpha value is -1.26. The van der Waals surface area contributed by atoms with Crippen LogP contribution in [0.2, 0.25) is 5.02 Å². The summed E-state index contributed by atoms with van der Waals surface area (Å²) >= 11 is 5.93. The minimum absolute atomic E-state index is 0.138. The first-order valence-corrected chi connectivity index (χ1v) is 7.35. The first-order chi connectivity index (χ1) is 9.60. The number of aliphatic hydroxyl groups is 1. The summed E-state index contributed by atoms with van der Waals surface area (Å²) in [6, 6.07) is 7.11. The van der Waals surface area contributed by atoms with E-state index in [2.05, 4.69) is 0 Å². The number of nitrogens with zero attached hydrogens (tertiary/aromatic N) is 1. The van der Waals surface area contributed by atoms with Gasteiger partial charge < -0.3 is 14.7 Å². The Bertz CT molecular complexity index is 485. The maximum Gasteiger partial charge on any atom is 0.410 e. The van der Waals surface area contributed by atoms with Crippen molar-refractivity contribution in [1.82, 2.24) is 4.90 Å². The number of rotatable bonds is 4. The van der Waals surface area contributed by atoms with E-state index in [4.69, 9.17) is 16.3 Å². The second-order valence-corrected chi connectivity index (χ2v) is 6.77. The van der Waals surface area contributed by atoms with Gasteiger partial charge >= 0.3 is 6.09 Å². The number of carbonyl (C=O) groups is 1. The Kier molecular flexibility index (Phi) is 6.05. The molecular formula is C16H24ClNO3. The van der Waals surface area contributed by atoms with Crippen molar-refractivity contribution in [2.45, 2.75) is 39.4 Å². The van der Waals surface area contributed by atoms with E-state index in [1.165, 1.54) is 4.90 Å². The van der Waals surface area contributed by atoms with Gasteiger partial charge in [0.15, 0.2) is 0 Å². The number of hydrogen-bond acceptors (Lipinski definition) is 3. The molecule has 5 heteroatoms. The normalized spacial score (nSPS) is 14.4. The fourth-order valence-electron chi connectivity index (χ4n) is 1.97. The number of ether oxygens (including phenoxy) is 1. The minimum atomic E-state index is -0.686. The maximum atomic E-state index is 11.9. The summed E-state index contributed by atoms with van der Waals surface area (Å²) in [6.45, 7) is 7.74. The third-order valence-electron chi connectivity index (χ3n) is 3.00. The SMILES string of the molecule is C[C@H](CN(C)C(=O)OC(C)(C)C)[C@@H](O)c1cccc(Cl)c1. The predicted octanol–water partition coefficient (Wildman–Crippen LogP) is 3.88. The molecule has 21 heavy (non-hydrogen) atoms. The zero-order valence-electron chi connectivity index (χ0n) is 13.3. The molecule has 1 aromatic rings. The molecule has 118 valence electrons. The number of hydrogen-bond donors (Lipinski definition) is 1. The summed E-state index contributed by atoms with van der Waals surface area (Å²) in [7, 11) is 1.66. The Morgan fingerprint density at radius 2 is 2.05 bits per heavy atom. The van der Waals surface area contributed by atoms with Gasteiger partial charge in [0, 0.05) is 24.5 Å². The fraction of sp³-hybridized carbons (Fsp3) is 0.562. The van der Waals surface area contributed by atoms with Crippen LogP contribution in [0.1, 0.15) is 39.4 Å². The minimum Gasteiger partial charge on any atom is -0.444 e. The van der Waals surface area contributed by atoms with E-state index >= 15 is 0 Å². The van der Waals surface area contributed by atoms with Crippen molar-refractivity contribution >= 4 is 17.7 Å². The lowest BCUT2D eigenvalue weighted by molar-refractivity contribution is 0.0212. The average Bonchev–Trinajstić information content (AvgIpc) is 2.35. The van der Waals surface area contributed by atoms with Gasteiger partial charge in [-0.25, -0.2) is 4.79 Å². The van der Waals surface area contributed by atoms with E-state index < -0.39 is 17.8 Å². The third-order valence-corrected chi connectivity index (χ3v) is 3.23. The van der Waals surface area contributed by atoms with Crippen LogP contribution in [0.15, 0.2) is 24.3 Å². The quantitative estimate of drug-likeness (QED) is 0.917. The van der Waals surface area contributed by atoms with Crippen LogP contribution in [0.3, 0.4) is 0 Å². The average molecular weight is 314 g/mol. The molecule has 1 aromatic carbocycles. The smallest absolute Gasteiger partial charge is 0.410 e. The lowest BCUT2D eigenvalue weighted by Gasteiger charge is -2.28. The highest BCUT2D eigenvalue weighted by Crippen LogP contribution is 2.25. The van der Waals surface area contributed by atoms with Crippen molar-refractivity contribution in [2.75, 3.05) is 13.6 Å². The van der Waals surface area contributed by atoms with Crippen molar-refractivity contribution in [3.05, 3.63) is 34.9 Å². The van der Waals surface area contributed by atoms with Gasteiger partial charge in [-0.1, -0.05) is 30.7 Å². The molecule has 0 bridgehead atoms. The molecule has 0 aromatic heterocycles. The number of benzene rings is 1. The third kappa shape index (κ3) is 5.94. The highest BCUT2D eigenvalue weighted by molar-refractivity contribution is 6.30. The van der Waals surface area contributed by atoms with Crippen LogP contribution < -0.4 is 0 Å². The number of carbonyl (C=O) groups excluding carboxylic acids is 1. The standard InChI is InChI=1S/C16H24ClNO3/c1-11(10-18(5)15(20)21-16(2,3)4)14(19)12-7-6-8-13(17)9-12/h6-9,11,14,19H,10H2,1-5H3/t11-,14-/m1/s1. The molecular weight excluding hydrogens is 290 g/mol. The van der Waals surface area contributed by atoms with Crippen molar-refractivity contribution in [3.63, 3.8) is 0 Å². The molecule has 0 aliphatic carbocycles. The Morgan fingerprint density at radius 3 is 2.57 bits per heavy atom. The molecule has 0 fully saturated rings. The topological polar surface area (TPSA) is 49.8 Å². The highest BCUT2D eigenvalue weighted by atomic mass is 35.5. The van der Waals surface area contributed by atoms with Crippen molar-refractivity contribution < 1.29 is 14.6 Å². The van der Waals surface area contributed by atoms with E-state index in [1.807, 2.05) is 33.8 Å². The summed E-state index contributed by atoms with van der Waals surface area (Å²) in [6.07, 6.45) is -1.08. The second-order valence-electron chi connectivity index (χ2n) is 6.34. The van der Waals surface area contributed by atoms with E-state index in [-0.39, 0.29) is 5.92 Å². The molecule has 0 saturated heterocycles. The summed E-state index contributed by atoms with van der Waals surface area (Å²) in [4.78, 5) is 13.4. The van der Waals surface area contributed by atoms with Crippen LogP contribution in [-0.2, 0) is 4.74 Å². The van der Waals surface area contributed by atoms with Crippen molar-refractivity contribution in [3.8, 4) is 0 Å². The highest BCUT2D eigenvalue weighted by Gasteiger charge is 2.24. The van der Waals surface area contributed by atoms with Gasteiger partial charge in [0.2, 0.25) is 0 Å². The molecule has 0 saturated carbocycles. The largest absolute Gasteiger partial charge is 0.444 e. The molecule has 1 amide bonds. The van der Waals surface area contributed by atoms with Crippen LogP contribution in [-0.4, -0.2) is 35.3 Å². The van der Waals surface area contributed by atoms with Gasteiger partial charge in [-0.15, -0.1) is 0 Å². The molecule has 0 heterocycles. The van der Waals surface area contributed by atoms with E-state index in [0.717, 1.165) is 5.56 Å². The fourth-order valence-corrected chi connectivity index (χ4v) is 2.16. The molecule has 0 radical (unpaired) electrons.